The van der Waals surface area contributed by atoms with Crippen LogP contribution in [-0.4, -0.2) is 36.7 Å². The summed E-state index contributed by atoms with van der Waals surface area (Å²) in [5, 5.41) is 5.74. The van der Waals surface area contributed by atoms with Gasteiger partial charge in [0, 0.05) is 10.0 Å². The van der Waals surface area contributed by atoms with E-state index in [1.165, 1.54) is 4.68 Å². The van der Waals surface area contributed by atoms with E-state index in [2.05, 4.69) is 21.0 Å². The molecule has 2 heterocycles. The predicted octanol–water partition coefficient (Wildman–Crippen LogP) is 5.87. The lowest BCUT2D eigenvalue weighted by atomic mass is 10.2. The first kappa shape index (κ1) is 23.6. The third-order valence-corrected chi connectivity index (χ3v) is 6.04. The van der Waals surface area contributed by atoms with Crippen molar-refractivity contribution in [1.82, 2.24) is 9.66 Å². The lowest BCUT2D eigenvalue weighted by Gasteiger charge is -2.13. The van der Waals surface area contributed by atoms with Gasteiger partial charge in [0.1, 0.15) is 11.3 Å². The first-order chi connectivity index (χ1) is 17.5. The Labute approximate surface area is 214 Å². The van der Waals surface area contributed by atoms with Gasteiger partial charge in [0.25, 0.3) is 5.56 Å². The van der Waals surface area contributed by atoms with Gasteiger partial charge in [-0.05, 0) is 49.4 Å². The second-order valence-electron chi connectivity index (χ2n) is 7.76. The third kappa shape index (κ3) is 4.22. The van der Waals surface area contributed by atoms with E-state index in [1.807, 2.05) is 37.3 Å². The Morgan fingerprint density at radius 2 is 1.83 bits per heavy atom. The molecule has 0 atom stereocenters. The number of ether oxygens (including phenoxy) is 3. The van der Waals surface area contributed by atoms with Gasteiger partial charge >= 0.3 is 0 Å². The monoisotopic (exact) mass is 547 g/mol. The summed E-state index contributed by atoms with van der Waals surface area (Å²) in [6.07, 6.45) is 1.54. The van der Waals surface area contributed by atoms with Gasteiger partial charge in [0.2, 0.25) is 5.82 Å². The Balaban J connectivity index is 1.74. The van der Waals surface area contributed by atoms with Gasteiger partial charge in [-0.2, -0.15) is 9.78 Å². The molecule has 0 saturated heterocycles. The van der Waals surface area contributed by atoms with E-state index in [-0.39, 0.29) is 11.4 Å². The highest BCUT2D eigenvalue weighted by Gasteiger charge is 2.18. The number of nitrogens with zero attached hydrogens (tertiary/aromatic N) is 3. The number of aromatic nitrogens is 2. The van der Waals surface area contributed by atoms with Crippen molar-refractivity contribution in [2.45, 2.75) is 6.92 Å². The molecule has 0 radical (unpaired) electrons. The van der Waals surface area contributed by atoms with Crippen molar-refractivity contribution in [2.75, 3.05) is 20.8 Å². The number of rotatable bonds is 7. The summed E-state index contributed by atoms with van der Waals surface area (Å²) in [7, 11) is 3.16. The zero-order chi connectivity index (χ0) is 25.2. The number of hydrogen-bond donors (Lipinski definition) is 0. The number of benzene rings is 3. The van der Waals surface area contributed by atoms with Gasteiger partial charge in [-0.15, -0.1) is 0 Å². The molecule has 5 rings (SSSR count). The highest BCUT2D eigenvalue weighted by Crippen LogP contribution is 2.35. The molecular formula is C27H22BrN3O5. The zero-order valence-electron chi connectivity index (χ0n) is 19.8. The molecule has 0 saturated carbocycles. The van der Waals surface area contributed by atoms with Crippen molar-refractivity contribution in [1.29, 1.82) is 0 Å². The molecule has 0 aliphatic carbocycles. The molecule has 182 valence electrons. The van der Waals surface area contributed by atoms with Crippen LogP contribution >= 0.6 is 15.9 Å². The van der Waals surface area contributed by atoms with Crippen LogP contribution in [0.15, 0.2) is 79.4 Å². The summed E-state index contributed by atoms with van der Waals surface area (Å²) < 4.78 is 24.8. The van der Waals surface area contributed by atoms with E-state index in [4.69, 9.17) is 23.6 Å². The minimum Gasteiger partial charge on any atom is -0.496 e. The standard InChI is InChI=1S/C27H22BrN3O5/c1-4-35-25-16(12-17(28)13-23(25)34-3)15-29-31-26(30-20-9-6-5-8-18(20)27(31)32)24-14-19-21(33-2)10-7-11-22(19)36-24/h5-15H,4H2,1-3H3. The SMILES string of the molecule is CCOc1c(C=Nn2c(-c3cc4c(OC)cccc4o3)nc3ccccc3c2=O)cc(Br)cc1OC. The summed E-state index contributed by atoms with van der Waals surface area (Å²) >= 11 is 3.49. The molecule has 36 heavy (non-hydrogen) atoms. The van der Waals surface area contributed by atoms with Crippen LogP contribution in [0.2, 0.25) is 0 Å². The van der Waals surface area contributed by atoms with Gasteiger partial charge in [0.05, 0.1) is 43.3 Å². The van der Waals surface area contributed by atoms with Crippen LogP contribution in [-0.2, 0) is 0 Å². The van der Waals surface area contributed by atoms with Crippen LogP contribution in [0.1, 0.15) is 12.5 Å². The van der Waals surface area contributed by atoms with Crippen LogP contribution in [0, 0.1) is 0 Å². The summed E-state index contributed by atoms with van der Waals surface area (Å²) in [5.74, 6) is 2.35. The van der Waals surface area contributed by atoms with E-state index in [0.29, 0.717) is 51.7 Å². The quantitative estimate of drug-likeness (QED) is 0.237. The molecule has 8 nitrogen and oxygen atoms in total. The molecule has 0 fully saturated rings. The van der Waals surface area contributed by atoms with Crippen molar-refractivity contribution in [3.8, 4) is 28.8 Å². The number of halogens is 1. The first-order valence-electron chi connectivity index (χ1n) is 11.2. The molecule has 0 N–H and O–H groups in total. The average Bonchev–Trinajstić information content (AvgIpc) is 3.33. The van der Waals surface area contributed by atoms with Gasteiger partial charge < -0.3 is 18.6 Å². The summed E-state index contributed by atoms with van der Waals surface area (Å²) in [6, 6.07) is 18.1. The van der Waals surface area contributed by atoms with E-state index in [1.54, 1.807) is 50.8 Å². The third-order valence-electron chi connectivity index (χ3n) is 5.58. The maximum absolute atomic E-state index is 13.6. The van der Waals surface area contributed by atoms with Crippen LogP contribution in [0.25, 0.3) is 33.5 Å². The van der Waals surface area contributed by atoms with Gasteiger partial charge in [0.15, 0.2) is 17.3 Å². The highest BCUT2D eigenvalue weighted by atomic mass is 79.9. The van der Waals surface area contributed by atoms with Crippen molar-refractivity contribution >= 4 is 44.0 Å². The minimum atomic E-state index is -0.334. The molecule has 0 bridgehead atoms. The van der Waals surface area contributed by atoms with E-state index in [9.17, 15) is 4.79 Å². The molecule has 0 unspecified atom stereocenters. The Morgan fingerprint density at radius 3 is 2.61 bits per heavy atom. The molecule has 0 aliphatic heterocycles. The Bertz CT molecular complexity index is 1670. The first-order valence-corrected chi connectivity index (χ1v) is 12.0. The molecule has 0 amide bonds. The molecule has 2 aromatic heterocycles. The van der Waals surface area contributed by atoms with Gasteiger partial charge in [-0.1, -0.05) is 34.1 Å². The lowest BCUT2D eigenvalue weighted by Crippen LogP contribution is -2.20. The van der Waals surface area contributed by atoms with Crippen molar-refractivity contribution in [3.05, 3.63) is 81.1 Å². The van der Waals surface area contributed by atoms with Gasteiger partial charge in [-0.3, -0.25) is 4.79 Å². The maximum Gasteiger partial charge on any atom is 0.282 e. The van der Waals surface area contributed by atoms with E-state index in [0.717, 1.165) is 9.86 Å². The smallest absolute Gasteiger partial charge is 0.282 e. The number of hydrogen-bond acceptors (Lipinski definition) is 7. The van der Waals surface area contributed by atoms with Crippen molar-refractivity contribution in [3.63, 3.8) is 0 Å². The Kier molecular flexibility index (Phi) is 6.47. The van der Waals surface area contributed by atoms with Crippen LogP contribution in [0.4, 0.5) is 0 Å². The number of furan rings is 1. The number of fused-ring (bicyclic) bond motifs is 2. The van der Waals surface area contributed by atoms with Crippen LogP contribution in [0.3, 0.4) is 0 Å². The second-order valence-corrected chi connectivity index (χ2v) is 8.67. The fourth-order valence-electron chi connectivity index (χ4n) is 3.97. The number of methoxy groups -OCH3 is 2. The fourth-order valence-corrected chi connectivity index (χ4v) is 4.42. The largest absolute Gasteiger partial charge is 0.496 e. The topological polar surface area (TPSA) is 88.1 Å². The van der Waals surface area contributed by atoms with E-state index >= 15 is 0 Å². The molecule has 9 heteroatoms. The van der Waals surface area contributed by atoms with Crippen molar-refractivity contribution < 1.29 is 18.6 Å². The predicted molar refractivity (Wildman–Crippen MR) is 143 cm³/mol. The van der Waals surface area contributed by atoms with Crippen LogP contribution < -0.4 is 19.8 Å². The Hall–Kier alpha value is -4.11. The normalized spacial score (nSPS) is 11.4. The summed E-state index contributed by atoms with van der Waals surface area (Å²) in [4.78, 5) is 18.3. The van der Waals surface area contributed by atoms with Crippen molar-refractivity contribution in [2.24, 2.45) is 5.10 Å². The average molecular weight is 548 g/mol. The zero-order valence-corrected chi connectivity index (χ0v) is 21.4. The van der Waals surface area contributed by atoms with Gasteiger partial charge in [-0.25, -0.2) is 4.98 Å². The highest BCUT2D eigenvalue weighted by molar-refractivity contribution is 9.10. The summed E-state index contributed by atoms with van der Waals surface area (Å²) in [5.41, 5.74) is 1.44. The maximum atomic E-state index is 13.6. The fraction of sp³-hybridized carbons (Fsp3) is 0.148. The van der Waals surface area contributed by atoms with Crippen LogP contribution in [0.5, 0.6) is 17.2 Å². The Morgan fingerprint density at radius 1 is 1.03 bits per heavy atom. The summed E-state index contributed by atoms with van der Waals surface area (Å²) in [6.45, 7) is 2.32. The number of para-hydroxylation sites is 1. The molecule has 0 aliphatic rings. The minimum absolute atomic E-state index is 0.258. The lowest BCUT2D eigenvalue weighted by molar-refractivity contribution is 0.310. The van der Waals surface area contributed by atoms with E-state index < -0.39 is 0 Å². The molecule has 5 aromatic rings. The molecular weight excluding hydrogens is 526 g/mol. The molecule has 0 spiro atoms. The molecule has 3 aromatic carbocycles. The second kappa shape index (κ2) is 9.87.